The molecule has 0 bridgehead atoms. The summed E-state index contributed by atoms with van der Waals surface area (Å²) in [6, 6.07) is 0. The van der Waals surface area contributed by atoms with Gasteiger partial charge in [0.25, 0.3) is 0 Å². The van der Waals surface area contributed by atoms with Crippen molar-refractivity contribution in [3.63, 3.8) is 0 Å². The third kappa shape index (κ3) is 2.92. The predicted octanol–water partition coefficient (Wildman–Crippen LogP) is 1.08. The summed E-state index contributed by atoms with van der Waals surface area (Å²) in [5, 5.41) is 31.0. The number of hydrogen-bond donors (Lipinski definition) is 3. The van der Waals surface area contributed by atoms with Crippen molar-refractivity contribution >= 4 is 38.7 Å². The molecular formula is C14H16BrN3O4S. The first-order valence-electron chi connectivity index (χ1n) is 6.95. The number of fused-ring (bicyclic) bond motifs is 1. The topological polar surface area (TPSA) is 101 Å². The van der Waals surface area contributed by atoms with Crippen molar-refractivity contribution in [2.24, 2.45) is 0 Å². The molecule has 1 aliphatic rings. The monoisotopic (exact) mass is 401 g/mol. The van der Waals surface area contributed by atoms with Gasteiger partial charge in [0.1, 0.15) is 35.3 Å². The summed E-state index contributed by atoms with van der Waals surface area (Å²) in [6.45, 7) is 3.33. The number of halogens is 1. The lowest BCUT2D eigenvalue weighted by molar-refractivity contribution is -0.0509. The quantitative estimate of drug-likeness (QED) is 0.391. The molecule has 0 saturated carbocycles. The number of aliphatic hydroxyl groups is 3. The fourth-order valence-corrected chi connectivity index (χ4v) is 4.02. The fraction of sp³-hybridized carbons (Fsp3) is 0.429. The van der Waals surface area contributed by atoms with Crippen LogP contribution in [0.4, 0.5) is 0 Å². The molecular weight excluding hydrogens is 386 g/mol. The van der Waals surface area contributed by atoms with E-state index in [-0.39, 0.29) is 6.61 Å². The second kappa shape index (κ2) is 6.88. The van der Waals surface area contributed by atoms with Crippen molar-refractivity contribution < 1.29 is 20.1 Å². The van der Waals surface area contributed by atoms with Gasteiger partial charge in [0, 0.05) is 16.4 Å². The Morgan fingerprint density at radius 3 is 2.83 bits per heavy atom. The largest absolute Gasteiger partial charge is 0.394 e. The van der Waals surface area contributed by atoms with E-state index in [1.54, 1.807) is 16.8 Å². The standard InChI is InChI=1S/C14H16BrN3O4S/c1-2-3-23-13-9-7(15)4-18(12(9)16-6-17-13)14-11(21)10(20)8(5-19)22-14/h2,4,6,8,10-11,14,19-21H,1,3,5H2/t8-,10+,11-,14-/m0/s1. The van der Waals surface area contributed by atoms with Crippen LogP contribution in [0.2, 0.25) is 0 Å². The molecule has 3 heterocycles. The normalized spacial score (nSPS) is 27.7. The smallest absolute Gasteiger partial charge is 0.164 e. The van der Waals surface area contributed by atoms with Crippen molar-refractivity contribution in [2.75, 3.05) is 12.4 Å². The summed E-state index contributed by atoms with van der Waals surface area (Å²) < 4.78 is 7.98. The highest BCUT2D eigenvalue weighted by molar-refractivity contribution is 9.10. The van der Waals surface area contributed by atoms with Gasteiger partial charge >= 0.3 is 0 Å². The molecule has 3 N–H and O–H groups in total. The maximum atomic E-state index is 10.2. The van der Waals surface area contributed by atoms with E-state index >= 15 is 0 Å². The molecule has 23 heavy (non-hydrogen) atoms. The summed E-state index contributed by atoms with van der Waals surface area (Å²) in [6.07, 6.45) is 0.989. The van der Waals surface area contributed by atoms with E-state index in [1.807, 2.05) is 0 Å². The van der Waals surface area contributed by atoms with Crippen LogP contribution in [-0.4, -0.2) is 60.5 Å². The van der Waals surface area contributed by atoms with E-state index in [4.69, 9.17) is 4.74 Å². The highest BCUT2D eigenvalue weighted by Crippen LogP contribution is 2.37. The fourth-order valence-electron chi connectivity index (χ4n) is 2.56. The molecule has 2 aromatic rings. The molecule has 124 valence electrons. The zero-order chi connectivity index (χ0) is 16.6. The zero-order valence-electron chi connectivity index (χ0n) is 12.0. The molecule has 2 aromatic heterocycles. The van der Waals surface area contributed by atoms with E-state index in [1.165, 1.54) is 18.1 Å². The number of ether oxygens (including phenoxy) is 1. The van der Waals surface area contributed by atoms with E-state index in [9.17, 15) is 15.3 Å². The minimum absolute atomic E-state index is 0.371. The van der Waals surface area contributed by atoms with Gasteiger partial charge in [0.2, 0.25) is 0 Å². The lowest BCUT2D eigenvalue weighted by Crippen LogP contribution is -2.33. The Morgan fingerprint density at radius 1 is 1.39 bits per heavy atom. The molecule has 0 radical (unpaired) electrons. The van der Waals surface area contributed by atoms with Gasteiger partial charge in [-0.1, -0.05) is 6.08 Å². The Balaban J connectivity index is 2.04. The Kier molecular flexibility index (Phi) is 5.04. The van der Waals surface area contributed by atoms with Gasteiger partial charge in [-0.05, 0) is 15.9 Å². The van der Waals surface area contributed by atoms with Gasteiger partial charge < -0.3 is 24.6 Å². The Morgan fingerprint density at radius 2 is 2.17 bits per heavy atom. The summed E-state index contributed by atoms with van der Waals surface area (Å²) >= 11 is 5.01. The summed E-state index contributed by atoms with van der Waals surface area (Å²) in [5.74, 6) is 0.706. The maximum absolute atomic E-state index is 10.2. The Labute approximate surface area is 145 Å². The number of aromatic nitrogens is 3. The Hall–Kier alpha value is -0.970. The third-order valence-corrected chi connectivity index (χ3v) is 5.24. The van der Waals surface area contributed by atoms with Crippen LogP contribution in [-0.2, 0) is 4.74 Å². The second-order valence-corrected chi connectivity index (χ2v) is 6.95. The van der Waals surface area contributed by atoms with E-state index in [0.29, 0.717) is 11.4 Å². The van der Waals surface area contributed by atoms with Crippen LogP contribution >= 0.6 is 27.7 Å². The first-order chi connectivity index (χ1) is 11.1. The molecule has 0 unspecified atom stereocenters. The first-order valence-corrected chi connectivity index (χ1v) is 8.73. The highest BCUT2D eigenvalue weighted by atomic mass is 79.9. The van der Waals surface area contributed by atoms with Crippen LogP contribution in [0.15, 0.2) is 34.7 Å². The molecule has 0 aromatic carbocycles. The molecule has 0 spiro atoms. The van der Waals surface area contributed by atoms with Crippen LogP contribution < -0.4 is 0 Å². The minimum Gasteiger partial charge on any atom is -0.394 e. The number of rotatable bonds is 5. The number of aliphatic hydroxyl groups excluding tert-OH is 3. The SMILES string of the molecule is C=CCSc1ncnc2c1c(Br)cn2[C@H]1O[C@@H](CO)[C@@H](O)[C@@H]1O. The molecule has 0 aliphatic carbocycles. The first kappa shape index (κ1) is 16.9. The summed E-state index contributed by atoms with van der Waals surface area (Å²) in [7, 11) is 0. The van der Waals surface area contributed by atoms with Gasteiger partial charge in [0.15, 0.2) is 6.23 Å². The van der Waals surface area contributed by atoms with Gasteiger partial charge in [-0.15, -0.1) is 18.3 Å². The maximum Gasteiger partial charge on any atom is 0.164 e. The van der Waals surface area contributed by atoms with Crippen LogP contribution in [0, 0.1) is 0 Å². The molecule has 0 amide bonds. The third-order valence-electron chi connectivity index (χ3n) is 3.66. The van der Waals surface area contributed by atoms with E-state index < -0.39 is 24.5 Å². The number of nitrogens with zero attached hydrogens (tertiary/aromatic N) is 3. The van der Waals surface area contributed by atoms with Crippen molar-refractivity contribution in [1.82, 2.24) is 14.5 Å². The lowest BCUT2D eigenvalue weighted by Gasteiger charge is -2.17. The van der Waals surface area contributed by atoms with Crippen LogP contribution in [0.3, 0.4) is 0 Å². The zero-order valence-corrected chi connectivity index (χ0v) is 14.4. The van der Waals surface area contributed by atoms with Crippen molar-refractivity contribution in [3.05, 3.63) is 29.7 Å². The molecule has 1 saturated heterocycles. The van der Waals surface area contributed by atoms with E-state index in [0.717, 1.165) is 14.9 Å². The van der Waals surface area contributed by atoms with Crippen molar-refractivity contribution in [1.29, 1.82) is 0 Å². The molecule has 3 rings (SSSR count). The van der Waals surface area contributed by atoms with Gasteiger partial charge in [-0.2, -0.15) is 0 Å². The van der Waals surface area contributed by atoms with Crippen LogP contribution in [0.5, 0.6) is 0 Å². The number of thioether (sulfide) groups is 1. The molecule has 9 heteroatoms. The van der Waals surface area contributed by atoms with Crippen LogP contribution in [0.25, 0.3) is 11.0 Å². The van der Waals surface area contributed by atoms with Crippen LogP contribution in [0.1, 0.15) is 6.23 Å². The lowest BCUT2D eigenvalue weighted by atomic mass is 10.1. The number of hydrogen-bond acceptors (Lipinski definition) is 7. The minimum atomic E-state index is -1.16. The second-order valence-electron chi connectivity index (χ2n) is 5.09. The van der Waals surface area contributed by atoms with Crippen molar-refractivity contribution in [2.45, 2.75) is 29.6 Å². The summed E-state index contributed by atoms with van der Waals surface area (Å²) in [4.78, 5) is 8.55. The van der Waals surface area contributed by atoms with Crippen molar-refractivity contribution in [3.8, 4) is 0 Å². The molecule has 7 nitrogen and oxygen atoms in total. The predicted molar refractivity (Wildman–Crippen MR) is 89.2 cm³/mol. The molecule has 1 fully saturated rings. The Bertz CT molecular complexity index is 725. The summed E-state index contributed by atoms with van der Waals surface area (Å²) in [5.41, 5.74) is 0.577. The van der Waals surface area contributed by atoms with Gasteiger partial charge in [-0.3, -0.25) is 0 Å². The van der Waals surface area contributed by atoms with Gasteiger partial charge in [0.05, 0.1) is 12.0 Å². The molecule has 4 atom stereocenters. The average Bonchev–Trinajstić information content (AvgIpc) is 3.04. The van der Waals surface area contributed by atoms with Gasteiger partial charge in [-0.25, -0.2) is 9.97 Å². The highest BCUT2D eigenvalue weighted by Gasteiger charge is 2.44. The van der Waals surface area contributed by atoms with E-state index in [2.05, 4.69) is 32.5 Å². The molecule has 1 aliphatic heterocycles. The average molecular weight is 402 g/mol.